The molecule has 0 radical (unpaired) electrons. The highest BCUT2D eigenvalue weighted by atomic mass is 16.4. The molecule has 13 N–H and O–H groups in total. The Labute approximate surface area is 188 Å². The molecule has 16 heteroatoms. The molecule has 16 nitrogen and oxygen atoms in total. The number of carbonyl (C=O) groups excluding carboxylic acids is 4. The normalized spacial score (nSPS) is 13.0. The zero-order chi connectivity index (χ0) is 25.6. The topological polar surface area (TPSA) is 295 Å². The van der Waals surface area contributed by atoms with Crippen LogP contribution in [0.1, 0.15) is 32.1 Å². The van der Waals surface area contributed by atoms with Crippen molar-refractivity contribution in [2.45, 2.75) is 50.2 Å². The number of carboxylic acid groups (broad SMARTS) is 2. The first-order valence-electron chi connectivity index (χ1n) is 9.74. The maximum atomic E-state index is 12.5. The summed E-state index contributed by atoms with van der Waals surface area (Å²) in [7, 11) is 0. The van der Waals surface area contributed by atoms with Gasteiger partial charge in [0.1, 0.15) is 12.1 Å². The summed E-state index contributed by atoms with van der Waals surface area (Å²) >= 11 is 0. The van der Waals surface area contributed by atoms with Crippen molar-refractivity contribution in [1.29, 1.82) is 0 Å². The number of carboxylic acids is 2. The number of hydrogen-bond donors (Lipinski definition) is 9. The summed E-state index contributed by atoms with van der Waals surface area (Å²) in [6, 6.07) is -3.94. The summed E-state index contributed by atoms with van der Waals surface area (Å²) in [6.45, 7) is -0.520. The van der Waals surface area contributed by atoms with E-state index in [2.05, 4.69) is 15.6 Å². The second-order valence-corrected chi connectivity index (χ2v) is 6.90. The van der Waals surface area contributed by atoms with Crippen molar-refractivity contribution in [3.05, 3.63) is 0 Å². The largest absolute Gasteiger partial charge is 0.481 e. The maximum Gasteiger partial charge on any atom is 0.326 e. The van der Waals surface area contributed by atoms with Crippen LogP contribution in [0.25, 0.3) is 0 Å². The first-order valence-corrected chi connectivity index (χ1v) is 9.74. The molecule has 0 aromatic heterocycles. The van der Waals surface area contributed by atoms with Crippen LogP contribution in [-0.2, 0) is 28.8 Å². The molecule has 3 atom stereocenters. The van der Waals surface area contributed by atoms with Crippen LogP contribution in [0.2, 0.25) is 0 Å². The van der Waals surface area contributed by atoms with Gasteiger partial charge in [-0.3, -0.25) is 29.0 Å². The van der Waals surface area contributed by atoms with Gasteiger partial charge >= 0.3 is 11.9 Å². The van der Waals surface area contributed by atoms with Gasteiger partial charge in [0, 0.05) is 13.0 Å². The zero-order valence-electron chi connectivity index (χ0n) is 17.8. The minimum atomic E-state index is -1.57. The molecule has 186 valence electrons. The highest BCUT2D eigenvalue weighted by Gasteiger charge is 2.26. The van der Waals surface area contributed by atoms with E-state index in [0.717, 1.165) is 0 Å². The van der Waals surface area contributed by atoms with Crippen LogP contribution in [0.3, 0.4) is 0 Å². The van der Waals surface area contributed by atoms with Crippen LogP contribution >= 0.6 is 0 Å². The zero-order valence-corrected chi connectivity index (χ0v) is 17.8. The van der Waals surface area contributed by atoms with E-state index in [0.29, 0.717) is 0 Å². The van der Waals surface area contributed by atoms with Gasteiger partial charge in [-0.15, -0.1) is 0 Å². The van der Waals surface area contributed by atoms with E-state index in [9.17, 15) is 28.8 Å². The van der Waals surface area contributed by atoms with Crippen LogP contribution < -0.4 is 38.9 Å². The number of aliphatic carboxylic acids is 2. The van der Waals surface area contributed by atoms with Gasteiger partial charge in [-0.1, -0.05) is 0 Å². The number of nitrogens with one attached hydrogen (secondary N) is 3. The summed E-state index contributed by atoms with van der Waals surface area (Å²) in [5.74, 6) is -6.25. The monoisotopic (exact) mass is 474 g/mol. The summed E-state index contributed by atoms with van der Waals surface area (Å²) in [6.07, 6.45) is -0.866. The number of aliphatic imine (C=N–C) groups is 1. The number of primary amides is 1. The fraction of sp³-hybridized carbons (Fsp3) is 0.588. The SMILES string of the molecule is NC(=O)CC(NC(=O)CNC(=O)C(CCCN=C(N)N)NC(=O)C(N)CCC(=O)O)C(=O)O. The lowest BCUT2D eigenvalue weighted by atomic mass is 10.1. The Hall–Kier alpha value is -3.95. The van der Waals surface area contributed by atoms with Gasteiger partial charge in [-0.2, -0.15) is 0 Å². The first-order chi connectivity index (χ1) is 15.3. The number of nitrogens with two attached hydrogens (primary N) is 4. The van der Waals surface area contributed by atoms with Crippen molar-refractivity contribution in [3.8, 4) is 0 Å². The van der Waals surface area contributed by atoms with Crippen molar-refractivity contribution in [1.82, 2.24) is 16.0 Å². The van der Waals surface area contributed by atoms with Gasteiger partial charge in [0.15, 0.2) is 5.96 Å². The summed E-state index contributed by atoms with van der Waals surface area (Å²) in [5, 5.41) is 24.3. The van der Waals surface area contributed by atoms with Gasteiger partial charge in [0.25, 0.3) is 0 Å². The van der Waals surface area contributed by atoms with E-state index in [4.69, 9.17) is 33.1 Å². The molecule has 0 aromatic carbocycles. The van der Waals surface area contributed by atoms with E-state index >= 15 is 0 Å². The van der Waals surface area contributed by atoms with Crippen molar-refractivity contribution in [3.63, 3.8) is 0 Å². The highest BCUT2D eigenvalue weighted by Crippen LogP contribution is 2.02. The van der Waals surface area contributed by atoms with Crippen molar-refractivity contribution < 1.29 is 39.0 Å². The third kappa shape index (κ3) is 13.9. The molecule has 0 aromatic rings. The smallest absolute Gasteiger partial charge is 0.326 e. The molecule has 0 aliphatic heterocycles. The Morgan fingerprint density at radius 3 is 2.03 bits per heavy atom. The lowest BCUT2D eigenvalue weighted by Gasteiger charge is -2.20. The Morgan fingerprint density at radius 1 is 0.879 bits per heavy atom. The van der Waals surface area contributed by atoms with Gasteiger partial charge in [-0.05, 0) is 19.3 Å². The minimum Gasteiger partial charge on any atom is -0.481 e. The second kappa shape index (κ2) is 15.0. The van der Waals surface area contributed by atoms with Gasteiger partial charge in [0.05, 0.1) is 19.0 Å². The third-order valence-corrected chi connectivity index (χ3v) is 4.05. The maximum absolute atomic E-state index is 12.5. The lowest BCUT2D eigenvalue weighted by Crippen LogP contribution is -2.53. The van der Waals surface area contributed by atoms with E-state index < -0.39 is 66.7 Å². The van der Waals surface area contributed by atoms with Gasteiger partial charge in [0.2, 0.25) is 23.6 Å². The number of carbonyl (C=O) groups is 6. The molecule has 0 heterocycles. The fourth-order valence-electron chi connectivity index (χ4n) is 2.40. The van der Waals surface area contributed by atoms with Crippen LogP contribution in [0.4, 0.5) is 0 Å². The van der Waals surface area contributed by atoms with Gasteiger partial charge < -0.3 is 49.1 Å². The van der Waals surface area contributed by atoms with Crippen molar-refractivity contribution in [2.75, 3.05) is 13.1 Å². The fourth-order valence-corrected chi connectivity index (χ4v) is 2.40. The second-order valence-electron chi connectivity index (χ2n) is 6.90. The third-order valence-electron chi connectivity index (χ3n) is 4.05. The highest BCUT2D eigenvalue weighted by molar-refractivity contribution is 5.93. The summed E-state index contributed by atoms with van der Waals surface area (Å²) < 4.78 is 0. The average Bonchev–Trinajstić information content (AvgIpc) is 2.70. The van der Waals surface area contributed by atoms with Crippen molar-refractivity contribution >= 4 is 41.5 Å². The average molecular weight is 474 g/mol. The molecule has 0 fully saturated rings. The number of amides is 4. The molecule has 0 bridgehead atoms. The lowest BCUT2D eigenvalue weighted by molar-refractivity contribution is -0.143. The van der Waals surface area contributed by atoms with Crippen LogP contribution in [0, 0.1) is 0 Å². The van der Waals surface area contributed by atoms with Crippen LogP contribution in [0.5, 0.6) is 0 Å². The quantitative estimate of drug-likeness (QED) is 0.0581. The van der Waals surface area contributed by atoms with E-state index in [1.165, 1.54) is 0 Å². The number of nitrogens with zero attached hydrogens (tertiary/aromatic N) is 1. The van der Waals surface area contributed by atoms with E-state index in [1.54, 1.807) is 0 Å². The molecule has 4 amide bonds. The Balaban J connectivity index is 5.01. The first kappa shape index (κ1) is 29.0. The predicted molar refractivity (Wildman–Crippen MR) is 113 cm³/mol. The van der Waals surface area contributed by atoms with Gasteiger partial charge in [-0.25, -0.2) is 4.79 Å². The molecule has 0 saturated carbocycles. The number of rotatable bonds is 16. The molecular weight excluding hydrogens is 444 g/mol. The Morgan fingerprint density at radius 2 is 1.52 bits per heavy atom. The molecular formula is C17H30N8O8. The number of hydrogen-bond acceptors (Lipinski definition) is 8. The predicted octanol–water partition coefficient (Wildman–Crippen LogP) is -4.72. The molecule has 3 unspecified atom stereocenters. The van der Waals surface area contributed by atoms with Crippen LogP contribution in [0.15, 0.2) is 4.99 Å². The van der Waals surface area contributed by atoms with Crippen LogP contribution in [-0.4, -0.2) is 83.0 Å². The summed E-state index contributed by atoms with van der Waals surface area (Å²) in [4.78, 5) is 72.9. The molecule has 0 aliphatic carbocycles. The van der Waals surface area contributed by atoms with E-state index in [1.807, 2.05) is 5.32 Å². The molecule has 33 heavy (non-hydrogen) atoms. The standard InChI is InChI=1S/C17H30N8O8/c18-8(3-4-13(28)29)14(30)25-9(2-1-5-22-17(20)21)15(31)23-7-12(27)24-10(16(32)33)6-11(19)26/h8-10H,1-7,18H2,(H2,19,26)(H,23,31)(H,24,27)(H,25,30)(H,28,29)(H,32,33)(H4,20,21,22). The molecule has 0 rings (SSSR count). The minimum absolute atomic E-state index is 0.0427. The molecule has 0 aliphatic rings. The molecule has 0 spiro atoms. The van der Waals surface area contributed by atoms with E-state index in [-0.39, 0.29) is 38.2 Å². The summed E-state index contributed by atoms with van der Waals surface area (Å²) in [5.41, 5.74) is 21.0. The van der Waals surface area contributed by atoms with Crippen molar-refractivity contribution in [2.24, 2.45) is 27.9 Å². The molecule has 0 saturated heterocycles. The Kier molecular flexibility index (Phi) is 13.2. The number of guanidine groups is 1. The Bertz CT molecular complexity index is 768.